The number of pyridine rings is 1. The van der Waals surface area contributed by atoms with E-state index in [9.17, 15) is 4.39 Å². The first-order valence-electron chi connectivity index (χ1n) is 6.14. The van der Waals surface area contributed by atoms with E-state index >= 15 is 0 Å². The number of ether oxygens (including phenoxy) is 1. The van der Waals surface area contributed by atoms with Gasteiger partial charge in [0.25, 0.3) is 0 Å². The Balaban J connectivity index is 2.12. The molecular weight excluding hydrogens is 285 g/mol. The molecule has 0 fully saturated rings. The second-order valence-corrected chi connectivity index (χ2v) is 4.11. The lowest BCUT2D eigenvalue weighted by atomic mass is 10.3. The monoisotopic (exact) mass is 295 g/mol. The third-order valence-electron chi connectivity index (χ3n) is 2.57. The number of hydrazone groups is 1. The minimum absolute atomic E-state index is 0.261. The molecule has 0 aliphatic rings. The van der Waals surface area contributed by atoms with E-state index in [1.807, 2.05) is 0 Å². The molecule has 22 heavy (non-hydrogen) atoms. The smallest absolute Gasteiger partial charge is 0.237 e. The van der Waals surface area contributed by atoms with E-state index in [-0.39, 0.29) is 11.6 Å². The van der Waals surface area contributed by atoms with Gasteiger partial charge in [-0.05, 0) is 18.2 Å². The maximum atomic E-state index is 13.1. The van der Waals surface area contributed by atoms with Crippen LogP contribution in [0.1, 0.15) is 0 Å². The quantitative estimate of drug-likeness (QED) is 0.639. The number of aromatic nitrogens is 1. The first-order valence-corrected chi connectivity index (χ1v) is 6.14. The van der Waals surface area contributed by atoms with E-state index in [2.05, 4.69) is 10.1 Å². The van der Waals surface area contributed by atoms with E-state index < -0.39 is 5.82 Å². The first kappa shape index (κ1) is 14.9. The van der Waals surface area contributed by atoms with Crippen molar-refractivity contribution in [2.24, 2.45) is 5.10 Å². The topological polar surface area (TPSA) is 85.3 Å². The van der Waals surface area contributed by atoms with Gasteiger partial charge in [0.05, 0.1) is 11.9 Å². The van der Waals surface area contributed by atoms with Crippen molar-refractivity contribution in [2.75, 3.05) is 12.1 Å². The van der Waals surface area contributed by atoms with E-state index in [0.29, 0.717) is 11.4 Å². The third-order valence-corrected chi connectivity index (χ3v) is 2.57. The van der Waals surface area contributed by atoms with Crippen molar-refractivity contribution in [2.45, 2.75) is 0 Å². The van der Waals surface area contributed by atoms with Gasteiger partial charge in [-0.15, -0.1) is 0 Å². The maximum absolute atomic E-state index is 13.1. The highest BCUT2D eigenvalue weighted by Gasteiger charge is 2.04. The lowest BCUT2D eigenvalue weighted by Crippen LogP contribution is -2.11. The summed E-state index contributed by atoms with van der Waals surface area (Å²) in [6, 6.07) is 12.3. The summed E-state index contributed by atoms with van der Waals surface area (Å²) in [7, 11) is 1.58. The molecule has 2 rings (SSSR count). The lowest BCUT2D eigenvalue weighted by Gasteiger charge is -2.12. The largest absolute Gasteiger partial charge is 0.439 e. The molecule has 0 amide bonds. The molecule has 6 nitrogen and oxygen atoms in total. The predicted octanol–water partition coefficient (Wildman–Crippen LogP) is 2.85. The molecule has 0 saturated heterocycles. The van der Waals surface area contributed by atoms with E-state index in [0.717, 1.165) is 0 Å². The number of halogens is 1. The SMILES string of the molecule is CN(N=C(C#N)C#N)c1ccc(Oc2cccc(F)c2)nc1. The number of nitrogens with zero attached hydrogens (tertiary/aromatic N) is 5. The van der Waals surface area contributed by atoms with Gasteiger partial charge in [-0.25, -0.2) is 9.37 Å². The molecule has 0 unspecified atom stereocenters. The highest BCUT2D eigenvalue weighted by molar-refractivity contribution is 6.10. The lowest BCUT2D eigenvalue weighted by molar-refractivity contribution is 0.458. The molecule has 1 heterocycles. The summed E-state index contributed by atoms with van der Waals surface area (Å²) in [6.07, 6.45) is 1.46. The maximum Gasteiger partial charge on any atom is 0.237 e. The summed E-state index contributed by atoms with van der Waals surface area (Å²) < 4.78 is 18.5. The molecule has 1 aromatic heterocycles. The number of anilines is 1. The van der Waals surface area contributed by atoms with Crippen LogP contribution in [0.5, 0.6) is 11.6 Å². The normalized spacial score (nSPS) is 9.27. The van der Waals surface area contributed by atoms with Gasteiger partial charge in [0.15, 0.2) is 0 Å². The Morgan fingerprint density at radius 2 is 2.05 bits per heavy atom. The molecule has 0 atom stereocenters. The summed E-state index contributed by atoms with van der Waals surface area (Å²) in [5.74, 6) is 0.221. The number of benzene rings is 1. The highest BCUT2D eigenvalue weighted by atomic mass is 19.1. The Kier molecular flexibility index (Phi) is 4.63. The molecule has 0 spiro atoms. The van der Waals surface area contributed by atoms with Crippen LogP contribution in [0.2, 0.25) is 0 Å². The molecule has 0 radical (unpaired) electrons. The summed E-state index contributed by atoms with van der Waals surface area (Å²) >= 11 is 0. The van der Waals surface area contributed by atoms with Crippen LogP contribution in [0.4, 0.5) is 10.1 Å². The zero-order valence-corrected chi connectivity index (χ0v) is 11.6. The van der Waals surface area contributed by atoms with E-state index in [1.165, 1.54) is 29.4 Å². The zero-order valence-electron chi connectivity index (χ0n) is 11.6. The van der Waals surface area contributed by atoms with Crippen LogP contribution in [-0.4, -0.2) is 17.7 Å². The van der Waals surface area contributed by atoms with Crippen molar-refractivity contribution < 1.29 is 9.13 Å². The fourth-order valence-electron chi connectivity index (χ4n) is 1.55. The van der Waals surface area contributed by atoms with Gasteiger partial charge in [0, 0.05) is 19.2 Å². The molecule has 0 N–H and O–H groups in total. The molecule has 0 bridgehead atoms. The molecule has 0 aliphatic heterocycles. The van der Waals surface area contributed by atoms with Gasteiger partial charge in [0.2, 0.25) is 11.6 Å². The predicted molar refractivity (Wildman–Crippen MR) is 77.8 cm³/mol. The Morgan fingerprint density at radius 1 is 1.27 bits per heavy atom. The molecule has 0 saturated carbocycles. The fourth-order valence-corrected chi connectivity index (χ4v) is 1.55. The van der Waals surface area contributed by atoms with Crippen molar-refractivity contribution in [3.63, 3.8) is 0 Å². The zero-order chi connectivity index (χ0) is 15.9. The fraction of sp³-hybridized carbons (Fsp3) is 0.0667. The van der Waals surface area contributed by atoms with Crippen LogP contribution in [0.3, 0.4) is 0 Å². The Labute approximate surface area is 126 Å². The Hall–Kier alpha value is -3.45. The number of hydrogen-bond acceptors (Lipinski definition) is 6. The van der Waals surface area contributed by atoms with Crippen LogP contribution in [0.15, 0.2) is 47.7 Å². The average Bonchev–Trinajstić information content (AvgIpc) is 2.53. The third kappa shape index (κ3) is 3.78. The molecule has 2 aromatic rings. The van der Waals surface area contributed by atoms with Crippen molar-refractivity contribution in [3.8, 4) is 23.8 Å². The van der Waals surface area contributed by atoms with Gasteiger partial charge in [-0.3, -0.25) is 5.01 Å². The number of rotatable bonds is 4. The molecule has 1 aromatic carbocycles. The van der Waals surface area contributed by atoms with Crippen LogP contribution >= 0.6 is 0 Å². The Morgan fingerprint density at radius 3 is 2.64 bits per heavy atom. The average molecular weight is 295 g/mol. The summed E-state index contributed by atoms with van der Waals surface area (Å²) in [4.78, 5) is 4.06. The van der Waals surface area contributed by atoms with Crippen LogP contribution in [-0.2, 0) is 0 Å². The minimum atomic E-state index is -0.399. The van der Waals surface area contributed by atoms with Crippen LogP contribution in [0, 0.1) is 28.5 Å². The van der Waals surface area contributed by atoms with Gasteiger partial charge < -0.3 is 4.74 Å². The van der Waals surface area contributed by atoms with Crippen LogP contribution in [0.25, 0.3) is 0 Å². The van der Waals surface area contributed by atoms with E-state index in [4.69, 9.17) is 15.3 Å². The van der Waals surface area contributed by atoms with Crippen molar-refractivity contribution in [1.29, 1.82) is 10.5 Å². The van der Waals surface area contributed by atoms with Gasteiger partial charge in [-0.2, -0.15) is 15.6 Å². The number of nitriles is 2. The highest BCUT2D eigenvalue weighted by Crippen LogP contribution is 2.22. The minimum Gasteiger partial charge on any atom is -0.439 e. The van der Waals surface area contributed by atoms with Crippen LogP contribution < -0.4 is 9.75 Å². The second kappa shape index (κ2) is 6.82. The van der Waals surface area contributed by atoms with Gasteiger partial charge in [0.1, 0.15) is 23.7 Å². The summed E-state index contributed by atoms with van der Waals surface area (Å²) in [5.41, 5.74) is 0.303. The van der Waals surface area contributed by atoms with E-state index in [1.54, 1.807) is 37.4 Å². The van der Waals surface area contributed by atoms with Crippen molar-refractivity contribution in [3.05, 3.63) is 48.4 Å². The molecule has 108 valence electrons. The first-order chi connectivity index (χ1) is 10.6. The van der Waals surface area contributed by atoms with Crippen molar-refractivity contribution in [1.82, 2.24) is 4.98 Å². The van der Waals surface area contributed by atoms with Crippen molar-refractivity contribution >= 4 is 11.4 Å². The Bertz CT molecular complexity index is 758. The number of hydrogen-bond donors (Lipinski definition) is 0. The molecule has 7 heteroatoms. The molecule has 0 aliphatic carbocycles. The standard InChI is InChI=1S/C15H10FN5O/c1-21(20-12(8-17)9-18)13-5-6-15(19-10-13)22-14-4-2-3-11(16)7-14/h2-7,10H,1H3. The summed E-state index contributed by atoms with van der Waals surface area (Å²) in [6.45, 7) is 0. The summed E-state index contributed by atoms with van der Waals surface area (Å²) in [5, 5.41) is 22.5. The second-order valence-electron chi connectivity index (χ2n) is 4.11. The molecular formula is C15H10FN5O. The van der Waals surface area contributed by atoms with Gasteiger partial charge >= 0.3 is 0 Å². The van der Waals surface area contributed by atoms with Gasteiger partial charge in [-0.1, -0.05) is 6.07 Å².